The standard InChI is InChI=1S/C20H13NO/c1-2-14-21-18-11-7-6-10-17(18)15-19(21)20(22)13-12-16-8-4-3-5-9-16/h1,3-11,15H,14H2. The summed E-state index contributed by atoms with van der Waals surface area (Å²) < 4.78 is 1.83. The number of fused-ring (bicyclic) bond motifs is 1. The summed E-state index contributed by atoms with van der Waals surface area (Å²) in [7, 11) is 0. The first kappa shape index (κ1) is 13.7. The Bertz CT molecular complexity index is 930. The molecule has 2 nitrogen and oxygen atoms in total. The Kier molecular flexibility index (Phi) is 3.77. The molecule has 3 rings (SSSR count). The van der Waals surface area contributed by atoms with E-state index >= 15 is 0 Å². The van der Waals surface area contributed by atoms with E-state index in [1.165, 1.54) is 0 Å². The number of ketones is 1. The van der Waals surface area contributed by atoms with Crippen LogP contribution in [0.5, 0.6) is 0 Å². The molecule has 0 bridgehead atoms. The highest BCUT2D eigenvalue weighted by atomic mass is 16.1. The van der Waals surface area contributed by atoms with Crippen LogP contribution in [-0.4, -0.2) is 10.4 Å². The quantitative estimate of drug-likeness (QED) is 0.521. The van der Waals surface area contributed by atoms with Gasteiger partial charge in [-0.15, -0.1) is 6.42 Å². The molecule has 1 heterocycles. The number of para-hydroxylation sites is 1. The summed E-state index contributed by atoms with van der Waals surface area (Å²) in [6, 6.07) is 19.1. The third-order valence-corrected chi connectivity index (χ3v) is 3.39. The maximum atomic E-state index is 12.4. The molecule has 3 aromatic rings. The number of rotatable bonds is 2. The van der Waals surface area contributed by atoms with Crippen LogP contribution in [0, 0.1) is 24.2 Å². The van der Waals surface area contributed by atoms with Crippen LogP contribution in [0.4, 0.5) is 0 Å². The van der Waals surface area contributed by atoms with Gasteiger partial charge in [-0.3, -0.25) is 4.79 Å². The van der Waals surface area contributed by atoms with Gasteiger partial charge in [0.05, 0.1) is 12.2 Å². The first-order chi connectivity index (χ1) is 10.8. The van der Waals surface area contributed by atoms with Crippen molar-refractivity contribution in [3.05, 3.63) is 71.9 Å². The van der Waals surface area contributed by atoms with E-state index in [0.717, 1.165) is 16.5 Å². The van der Waals surface area contributed by atoms with Gasteiger partial charge in [-0.1, -0.05) is 48.2 Å². The molecule has 22 heavy (non-hydrogen) atoms. The molecule has 0 unspecified atom stereocenters. The Morgan fingerprint density at radius 2 is 1.77 bits per heavy atom. The van der Waals surface area contributed by atoms with Gasteiger partial charge in [-0.2, -0.15) is 0 Å². The van der Waals surface area contributed by atoms with Crippen LogP contribution in [-0.2, 0) is 6.54 Å². The number of carbonyl (C=O) groups is 1. The molecule has 1 aromatic heterocycles. The van der Waals surface area contributed by atoms with E-state index in [2.05, 4.69) is 17.8 Å². The van der Waals surface area contributed by atoms with E-state index < -0.39 is 0 Å². The van der Waals surface area contributed by atoms with E-state index in [1.807, 2.05) is 65.2 Å². The van der Waals surface area contributed by atoms with Crippen LogP contribution >= 0.6 is 0 Å². The van der Waals surface area contributed by atoms with Gasteiger partial charge in [0.15, 0.2) is 0 Å². The monoisotopic (exact) mass is 283 g/mol. The van der Waals surface area contributed by atoms with Gasteiger partial charge in [-0.05, 0) is 30.2 Å². The van der Waals surface area contributed by atoms with Gasteiger partial charge in [0, 0.05) is 16.5 Å². The number of hydrogen-bond acceptors (Lipinski definition) is 1. The average molecular weight is 283 g/mol. The molecule has 0 fully saturated rings. The Morgan fingerprint density at radius 3 is 2.55 bits per heavy atom. The zero-order valence-corrected chi connectivity index (χ0v) is 11.9. The molecule has 0 spiro atoms. The summed E-state index contributed by atoms with van der Waals surface area (Å²) in [6.45, 7) is 0.349. The summed E-state index contributed by atoms with van der Waals surface area (Å²) in [5.41, 5.74) is 2.29. The molecule has 0 amide bonds. The normalized spacial score (nSPS) is 9.77. The first-order valence-electron chi connectivity index (χ1n) is 6.93. The number of aromatic nitrogens is 1. The molecule has 0 saturated heterocycles. The molecular formula is C20H13NO. The Hall–Kier alpha value is -3.23. The number of nitrogens with zero attached hydrogens (tertiary/aromatic N) is 1. The van der Waals surface area contributed by atoms with E-state index in [1.54, 1.807) is 0 Å². The fourth-order valence-corrected chi connectivity index (χ4v) is 2.37. The largest absolute Gasteiger partial charge is 0.325 e. The molecule has 0 aliphatic rings. The molecule has 0 atom stereocenters. The predicted molar refractivity (Wildman–Crippen MR) is 88.4 cm³/mol. The van der Waals surface area contributed by atoms with Gasteiger partial charge >= 0.3 is 0 Å². The van der Waals surface area contributed by atoms with Crippen molar-refractivity contribution < 1.29 is 4.79 Å². The maximum Gasteiger partial charge on any atom is 0.252 e. The first-order valence-corrected chi connectivity index (χ1v) is 6.93. The number of carbonyl (C=O) groups excluding carboxylic acids is 1. The van der Waals surface area contributed by atoms with Crippen LogP contribution < -0.4 is 0 Å². The summed E-state index contributed by atoms with van der Waals surface area (Å²) in [5.74, 6) is 7.96. The van der Waals surface area contributed by atoms with E-state index in [9.17, 15) is 4.79 Å². The van der Waals surface area contributed by atoms with Crippen molar-refractivity contribution in [2.75, 3.05) is 0 Å². The number of hydrogen-bond donors (Lipinski definition) is 0. The van der Waals surface area contributed by atoms with Crippen LogP contribution in [0.15, 0.2) is 60.7 Å². The van der Waals surface area contributed by atoms with Crippen LogP contribution in [0.3, 0.4) is 0 Å². The third-order valence-electron chi connectivity index (χ3n) is 3.39. The number of benzene rings is 2. The second-order valence-electron chi connectivity index (χ2n) is 4.82. The molecule has 104 valence electrons. The van der Waals surface area contributed by atoms with E-state index in [4.69, 9.17) is 6.42 Å². The zero-order chi connectivity index (χ0) is 15.4. The van der Waals surface area contributed by atoms with Crippen molar-refractivity contribution in [1.82, 2.24) is 4.57 Å². The summed E-state index contributed by atoms with van der Waals surface area (Å²) in [6.07, 6.45) is 5.43. The fraction of sp³-hybridized carbons (Fsp3) is 0.0500. The highest BCUT2D eigenvalue weighted by Crippen LogP contribution is 2.20. The predicted octanol–water partition coefficient (Wildman–Crippen LogP) is 3.51. The van der Waals surface area contributed by atoms with Gasteiger partial charge in [0.2, 0.25) is 0 Å². The van der Waals surface area contributed by atoms with Crippen molar-refractivity contribution in [2.45, 2.75) is 6.54 Å². The van der Waals surface area contributed by atoms with Crippen molar-refractivity contribution >= 4 is 16.7 Å². The van der Waals surface area contributed by atoms with Gasteiger partial charge in [-0.25, -0.2) is 0 Å². The van der Waals surface area contributed by atoms with Crippen LogP contribution in [0.25, 0.3) is 10.9 Å². The minimum Gasteiger partial charge on any atom is -0.325 e. The molecule has 0 aliphatic heterocycles. The van der Waals surface area contributed by atoms with Crippen molar-refractivity contribution in [3.8, 4) is 24.2 Å². The lowest BCUT2D eigenvalue weighted by molar-refractivity contribution is 0.104. The molecule has 0 radical (unpaired) electrons. The lowest BCUT2D eigenvalue weighted by atomic mass is 10.2. The molecule has 0 aliphatic carbocycles. The maximum absolute atomic E-state index is 12.4. The smallest absolute Gasteiger partial charge is 0.252 e. The lowest BCUT2D eigenvalue weighted by Gasteiger charge is -2.03. The van der Waals surface area contributed by atoms with Crippen molar-refractivity contribution in [2.24, 2.45) is 0 Å². The lowest BCUT2D eigenvalue weighted by Crippen LogP contribution is -2.06. The topological polar surface area (TPSA) is 22.0 Å². The number of terminal acetylenes is 1. The second kappa shape index (κ2) is 6.04. The third kappa shape index (κ3) is 2.64. The number of Topliss-reactive ketones (excluding diaryl/α,β-unsaturated/α-hetero) is 1. The van der Waals surface area contributed by atoms with Crippen molar-refractivity contribution in [1.29, 1.82) is 0 Å². The van der Waals surface area contributed by atoms with Crippen molar-refractivity contribution in [3.63, 3.8) is 0 Å². The van der Waals surface area contributed by atoms with Gasteiger partial charge in [0.25, 0.3) is 5.78 Å². The summed E-state index contributed by atoms with van der Waals surface area (Å²) in [5, 5.41) is 0.989. The highest BCUT2D eigenvalue weighted by molar-refractivity contribution is 6.10. The van der Waals surface area contributed by atoms with Crippen LogP contribution in [0.2, 0.25) is 0 Å². The second-order valence-corrected chi connectivity index (χ2v) is 4.82. The van der Waals surface area contributed by atoms with Gasteiger partial charge in [0.1, 0.15) is 0 Å². The highest BCUT2D eigenvalue weighted by Gasteiger charge is 2.12. The summed E-state index contributed by atoms with van der Waals surface area (Å²) in [4.78, 5) is 12.4. The van der Waals surface area contributed by atoms with Gasteiger partial charge < -0.3 is 4.57 Å². The van der Waals surface area contributed by atoms with E-state index in [-0.39, 0.29) is 5.78 Å². The van der Waals surface area contributed by atoms with E-state index in [0.29, 0.717) is 12.2 Å². The SMILES string of the molecule is C#CCn1c(C(=O)C#Cc2ccccc2)cc2ccccc21. The molecule has 0 saturated carbocycles. The molecule has 2 heteroatoms. The Morgan fingerprint density at radius 1 is 1.05 bits per heavy atom. The minimum atomic E-state index is -0.227. The van der Waals surface area contributed by atoms with Crippen LogP contribution in [0.1, 0.15) is 16.1 Å². The average Bonchev–Trinajstić information content (AvgIpc) is 2.93. The molecular weight excluding hydrogens is 270 g/mol. The molecule has 2 aromatic carbocycles. The Balaban J connectivity index is 2.03. The summed E-state index contributed by atoms with van der Waals surface area (Å²) >= 11 is 0. The fourth-order valence-electron chi connectivity index (χ4n) is 2.37. The minimum absolute atomic E-state index is 0.227. The zero-order valence-electron chi connectivity index (χ0n) is 11.9. The molecule has 0 N–H and O–H groups in total. The Labute approximate surface area is 129 Å².